The Morgan fingerprint density at radius 2 is 2.32 bits per heavy atom. The molecule has 5 nitrogen and oxygen atoms in total. The first-order valence-electron chi connectivity index (χ1n) is 5.70. The van der Waals surface area contributed by atoms with Gasteiger partial charge in [-0.1, -0.05) is 17.7 Å². The van der Waals surface area contributed by atoms with Crippen LogP contribution in [-0.2, 0) is 16.1 Å². The van der Waals surface area contributed by atoms with Crippen molar-refractivity contribution in [2.45, 2.75) is 13.0 Å². The standard InChI is InChI=1S/C13H11ClN2O3/c14-11-3-8(5-15)1-2-9(11)6-16-7-10(13(18)19)4-12(16)17/h1-3,10H,4,6-7H2,(H,18,19). The second-order valence-corrected chi connectivity index (χ2v) is 4.84. The number of aliphatic carboxylic acids is 1. The Hall–Kier alpha value is -2.06. The average molecular weight is 279 g/mol. The SMILES string of the molecule is N#Cc1ccc(CN2CC(C(=O)O)CC2=O)c(Cl)c1. The topological polar surface area (TPSA) is 81.4 Å². The molecule has 1 aromatic carbocycles. The summed E-state index contributed by atoms with van der Waals surface area (Å²) < 4.78 is 0. The molecule has 2 rings (SSSR count). The molecule has 1 fully saturated rings. The van der Waals surface area contributed by atoms with Gasteiger partial charge < -0.3 is 10.0 Å². The number of hydrogen-bond acceptors (Lipinski definition) is 3. The van der Waals surface area contributed by atoms with Gasteiger partial charge in [0, 0.05) is 24.5 Å². The third kappa shape index (κ3) is 2.85. The van der Waals surface area contributed by atoms with E-state index in [0.717, 1.165) is 0 Å². The number of halogens is 1. The number of carbonyl (C=O) groups is 2. The lowest BCUT2D eigenvalue weighted by Gasteiger charge is -2.16. The molecule has 0 saturated carbocycles. The zero-order valence-electron chi connectivity index (χ0n) is 9.97. The number of benzene rings is 1. The summed E-state index contributed by atoms with van der Waals surface area (Å²) in [6, 6.07) is 6.81. The molecule has 1 aliphatic heterocycles. The van der Waals surface area contributed by atoms with Crippen LogP contribution in [0.1, 0.15) is 17.5 Å². The third-order valence-electron chi connectivity index (χ3n) is 3.11. The van der Waals surface area contributed by atoms with Crippen molar-refractivity contribution < 1.29 is 14.7 Å². The highest BCUT2D eigenvalue weighted by molar-refractivity contribution is 6.31. The molecular weight excluding hydrogens is 268 g/mol. The Kier molecular flexibility index (Phi) is 3.72. The lowest BCUT2D eigenvalue weighted by molar-refractivity contribution is -0.141. The summed E-state index contributed by atoms with van der Waals surface area (Å²) in [5.41, 5.74) is 1.16. The Morgan fingerprint density at radius 3 is 2.84 bits per heavy atom. The van der Waals surface area contributed by atoms with E-state index in [4.69, 9.17) is 22.0 Å². The molecule has 1 heterocycles. The molecule has 1 aromatic rings. The van der Waals surface area contributed by atoms with Gasteiger partial charge in [-0.25, -0.2) is 0 Å². The molecule has 1 amide bonds. The van der Waals surface area contributed by atoms with Crippen LogP contribution in [0.3, 0.4) is 0 Å². The normalized spacial score (nSPS) is 18.4. The predicted molar refractivity (Wildman–Crippen MR) is 67.3 cm³/mol. The molecule has 19 heavy (non-hydrogen) atoms. The number of hydrogen-bond donors (Lipinski definition) is 1. The van der Waals surface area contributed by atoms with Crippen LogP contribution in [-0.4, -0.2) is 28.4 Å². The molecule has 1 unspecified atom stereocenters. The van der Waals surface area contributed by atoms with E-state index >= 15 is 0 Å². The van der Waals surface area contributed by atoms with E-state index in [1.54, 1.807) is 12.1 Å². The predicted octanol–water partition coefficient (Wildman–Crippen LogP) is 1.64. The average Bonchev–Trinajstić information content (AvgIpc) is 2.73. The Balaban J connectivity index is 2.12. The van der Waals surface area contributed by atoms with Gasteiger partial charge in [0.15, 0.2) is 0 Å². The number of rotatable bonds is 3. The highest BCUT2D eigenvalue weighted by atomic mass is 35.5. The van der Waals surface area contributed by atoms with Crippen molar-refractivity contribution >= 4 is 23.5 Å². The maximum atomic E-state index is 11.7. The van der Waals surface area contributed by atoms with Gasteiger partial charge in [-0.3, -0.25) is 9.59 Å². The highest BCUT2D eigenvalue weighted by Gasteiger charge is 2.34. The first-order chi connectivity index (χ1) is 9.01. The van der Waals surface area contributed by atoms with Crippen molar-refractivity contribution in [3.63, 3.8) is 0 Å². The van der Waals surface area contributed by atoms with Crippen molar-refractivity contribution in [1.82, 2.24) is 4.90 Å². The highest BCUT2D eigenvalue weighted by Crippen LogP contribution is 2.24. The Bertz CT molecular complexity index is 580. The van der Waals surface area contributed by atoms with E-state index in [2.05, 4.69) is 0 Å². The molecule has 0 radical (unpaired) electrons. The minimum Gasteiger partial charge on any atom is -0.481 e. The van der Waals surface area contributed by atoms with Gasteiger partial charge in [0.1, 0.15) is 0 Å². The van der Waals surface area contributed by atoms with Crippen molar-refractivity contribution in [2.24, 2.45) is 5.92 Å². The van der Waals surface area contributed by atoms with E-state index in [0.29, 0.717) is 16.1 Å². The van der Waals surface area contributed by atoms with E-state index in [1.165, 1.54) is 11.0 Å². The van der Waals surface area contributed by atoms with Gasteiger partial charge in [0.05, 0.1) is 17.6 Å². The minimum atomic E-state index is -0.957. The first kappa shape index (κ1) is 13.4. The molecule has 98 valence electrons. The van der Waals surface area contributed by atoms with Crippen molar-refractivity contribution in [3.8, 4) is 6.07 Å². The fourth-order valence-electron chi connectivity index (χ4n) is 2.04. The molecule has 1 atom stereocenters. The van der Waals surface area contributed by atoms with E-state index < -0.39 is 11.9 Å². The zero-order valence-corrected chi connectivity index (χ0v) is 10.7. The Labute approximate surface area is 115 Å². The number of carbonyl (C=O) groups excluding carboxylic acids is 1. The summed E-state index contributed by atoms with van der Waals surface area (Å²) in [5, 5.41) is 18.0. The van der Waals surface area contributed by atoms with Crippen LogP contribution in [0.15, 0.2) is 18.2 Å². The van der Waals surface area contributed by atoms with Crippen LogP contribution in [0.4, 0.5) is 0 Å². The molecule has 1 aliphatic rings. The number of likely N-dealkylation sites (tertiary alicyclic amines) is 1. The summed E-state index contributed by atoms with van der Waals surface area (Å²) in [6.07, 6.45) is 0.0310. The third-order valence-corrected chi connectivity index (χ3v) is 3.46. The molecule has 0 spiro atoms. The summed E-state index contributed by atoms with van der Waals surface area (Å²) in [6.45, 7) is 0.470. The van der Waals surface area contributed by atoms with Crippen LogP contribution < -0.4 is 0 Å². The van der Waals surface area contributed by atoms with Crippen LogP contribution in [0.5, 0.6) is 0 Å². The minimum absolute atomic E-state index is 0.0310. The summed E-state index contributed by atoms with van der Waals surface area (Å²) in [5.74, 6) is -1.79. The van der Waals surface area contributed by atoms with Crippen LogP contribution in [0.25, 0.3) is 0 Å². The fraction of sp³-hybridized carbons (Fsp3) is 0.308. The maximum Gasteiger partial charge on any atom is 0.308 e. The van der Waals surface area contributed by atoms with E-state index in [1.807, 2.05) is 6.07 Å². The van der Waals surface area contributed by atoms with Gasteiger partial charge in [0.2, 0.25) is 5.91 Å². The fourth-order valence-corrected chi connectivity index (χ4v) is 2.28. The van der Waals surface area contributed by atoms with Crippen LogP contribution in [0.2, 0.25) is 5.02 Å². The van der Waals surface area contributed by atoms with Crippen molar-refractivity contribution in [1.29, 1.82) is 5.26 Å². The number of amides is 1. The quantitative estimate of drug-likeness (QED) is 0.911. The smallest absolute Gasteiger partial charge is 0.308 e. The van der Waals surface area contributed by atoms with Gasteiger partial charge in [-0.05, 0) is 17.7 Å². The molecule has 1 N–H and O–H groups in total. The van der Waals surface area contributed by atoms with Gasteiger partial charge in [-0.15, -0.1) is 0 Å². The van der Waals surface area contributed by atoms with Crippen LogP contribution in [0, 0.1) is 17.2 Å². The molecule has 1 saturated heterocycles. The lowest BCUT2D eigenvalue weighted by atomic mass is 10.1. The summed E-state index contributed by atoms with van der Waals surface area (Å²) in [7, 11) is 0. The monoisotopic (exact) mass is 278 g/mol. The number of nitriles is 1. The number of carboxylic acids is 1. The van der Waals surface area contributed by atoms with Gasteiger partial charge in [-0.2, -0.15) is 5.26 Å². The molecule has 0 bridgehead atoms. The van der Waals surface area contributed by atoms with Gasteiger partial charge >= 0.3 is 5.97 Å². The van der Waals surface area contributed by atoms with Crippen molar-refractivity contribution in [2.75, 3.05) is 6.54 Å². The first-order valence-corrected chi connectivity index (χ1v) is 6.08. The van der Waals surface area contributed by atoms with Crippen LogP contribution >= 0.6 is 11.6 Å². The number of nitrogens with zero attached hydrogens (tertiary/aromatic N) is 2. The number of carboxylic acid groups (broad SMARTS) is 1. The van der Waals surface area contributed by atoms with Gasteiger partial charge in [0.25, 0.3) is 0 Å². The van der Waals surface area contributed by atoms with E-state index in [-0.39, 0.29) is 25.4 Å². The molecule has 6 heteroatoms. The van der Waals surface area contributed by atoms with E-state index in [9.17, 15) is 9.59 Å². The summed E-state index contributed by atoms with van der Waals surface area (Å²) >= 11 is 6.03. The summed E-state index contributed by atoms with van der Waals surface area (Å²) in [4.78, 5) is 24.0. The lowest BCUT2D eigenvalue weighted by Crippen LogP contribution is -2.25. The zero-order chi connectivity index (χ0) is 14.0. The molecule has 0 aromatic heterocycles. The second kappa shape index (κ2) is 5.29. The maximum absolute atomic E-state index is 11.7. The Morgan fingerprint density at radius 1 is 1.58 bits per heavy atom. The van der Waals surface area contributed by atoms with Crippen molar-refractivity contribution in [3.05, 3.63) is 34.3 Å². The second-order valence-electron chi connectivity index (χ2n) is 4.43. The largest absolute Gasteiger partial charge is 0.481 e. The molecule has 0 aliphatic carbocycles. The molecular formula is C13H11ClN2O3.